The Balaban J connectivity index is 1.28. The predicted octanol–water partition coefficient (Wildman–Crippen LogP) is 5.40. The number of aryl methyl sites for hydroxylation is 2. The number of rotatable bonds is 6. The molecule has 6 rings (SSSR count). The van der Waals surface area contributed by atoms with Crippen LogP contribution in [-0.2, 0) is 6.42 Å². The summed E-state index contributed by atoms with van der Waals surface area (Å²) < 4.78 is 15.5. The third-order valence-electron chi connectivity index (χ3n) is 6.81. The molecule has 1 aliphatic heterocycles. The molecule has 0 unspecified atom stereocenters. The molecule has 0 saturated heterocycles. The molecule has 0 amide bonds. The topological polar surface area (TPSA) is 52.2 Å². The van der Waals surface area contributed by atoms with Crippen molar-refractivity contribution >= 4 is 28.1 Å². The zero-order chi connectivity index (χ0) is 24.6. The molecule has 3 aromatic carbocycles. The second kappa shape index (κ2) is 9.28. The molecule has 4 nitrogen and oxygen atoms in total. The van der Waals surface area contributed by atoms with Gasteiger partial charge in [-0.2, -0.15) is 0 Å². The highest BCUT2D eigenvalue weighted by molar-refractivity contribution is 7.13. The van der Waals surface area contributed by atoms with E-state index in [-0.39, 0.29) is 5.82 Å². The molecule has 0 spiro atoms. The number of aromatic amines is 1. The number of hydrogen-bond donors (Lipinski definition) is 3. The standard InChI is InChI=1S/C30H27FN4S/c1-18-11-12-24(31)28-27(18)23(19(2)35-28)13-14-32-30-29-25(33-17-34-30)16-26(36-29)22-10-6-9-21(15-22)20-7-4-3-5-8-20/h3-12,15-16,32,34-35H,13-14,17H2,1-2H3. The Morgan fingerprint density at radius 2 is 1.75 bits per heavy atom. The second-order valence-corrected chi connectivity index (χ2v) is 10.2. The van der Waals surface area contributed by atoms with E-state index in [0.717, 1.165) is 45.3 Å². The van der Waals surface area contributed by atoms with Gasteiger partial charge in [0.1, 0.15) is 18.3 Å². The first kappa shape index (κ1) is 22.6. The van der Waals surface area contributed by atoms with Crippen LogP contribution < -0.4 is 20.5 Å². The van der Waals surface area contributed by atoms with Crippen LogP contribution in [0.5, 0.6) is 0 Å². The van der Waals surface area contributed by atoms with Gasteiger partial charge in [0.2, 0.25) is 0 Å². The summed E-state index contributed by atoms with van der Waals surface area (Å²) in [6.07, 6.45) is 0.797. The number of hydrogen-bond acceptors (Lipinski definition) is 4. The Bertz CT molecular complexity index is 1700. The minimum absolute atomic E-state index is 0.199. The second-order valence-electron chi connectivity index (χ2n) is 9.16. The average molecular weight is 495 g/mol. The zero-order valence-corrected chi connectivity index (χ0v) is 21.1. The van der Waals surface area contributed by atoms with Gasteiger partial charge in [-0.25, -0.2) is 4.39 Å². The van der Waals surface area contributed by atoms with Crippen LogP contribution in [0.4, 0.5) is 4.39 Å². The molecule has 0 fully saturated rings. The summed E-state index contributed by atoms with van der Waals surface area (Å²) in [5.41, 5.74) is 7.50. The molecule has 6 heteroatoms. The summed E-state index contributed by atoms with van der Waals surface area (Å²) >= 11 is 1.75. The third kappa shape index (κ3) is 4.07. The van der Waals surface area contributed by atoms with Gasteiger partial charge in [-0.15, -0.1) is 11.3 Å². The molecule has 2 aromatic heterocycles. The Morgan fingerprint density at radius 3 is 2.61 bits per heavy atom. The molecular weight excluding hydrogens is 467 g/mol. The van der Waals surface area contributed by atoms with Gasteiger partial charge in [-0.3, -0.25) is 4.99 Å². The highest BCUT2D eigenvalue weighted by atomic mass is 32.1. The van der Waals surface area contributed by atoms with Gasteiger partial charge in [0.05, 0.1) is 15.4 Å². The van der Waals surface area contributed by atoms with Gasteiger partial charge >= 0.3 is 0 Å². The molecule has 3 heterocycles. The monoisotopic (exact) mass is 494 g/mol. The highest BCUT2D eigenvalue weighted by Gasteiger charge is 2.15. The van der Waals surface area contributed by atoms with Gasteiger partial charge < -0.3 is 15.6 Å². The molecule has 36 heavy (non-hydrogen) atoms. The zero-order valence-electron chi connectivity index (χ0n) is 20.3. The van der Waals surface area contributed by atoms with Gasteiger partial charge in [-0.1, -0.05) is 54.6 Å². The largest absolute Gasteiger partial charge is 0.370 e. The van der Waals surface area contributed by atoms with Crippen LogP contribution in [0.1, 0.15) is 16.8 Å². The summed E-state index contributed by atoms with van der Waals surface area (Å²) in [5, 5.41) is 9.02. The third-order valence-corrected chi connectivity index (χ3v) is 8.00. The van der Waals surface area contributed by atoms with E-state index in [0.29, 0.717) is 12.2 Å². The summed E-state index contributed by atoms with van der Waals surface area (Å²) in [6.45, 7) is 5.34. The van der Waals surface area contributed by atoms with Crippen molar-refractivity contribution in [2.45, 2.75) is 20.3 Å². The summed E-state index contributed by atoms with van der Waals surface area (Å²) in [5.74, 6) is 0.811. The summed E-state index contributed by atoms with van der Waals surface area (Å²) in [4.78, 5) is 9.13. The van der Waals surface area contributed by atoms with Crippen molar-refractivity contribution < 1.29 is 4.39 Å². The normalized spacial score (nSPS) is 12.8. The lowest BCUT2D eigenvalue weighted by Gasteiger charge is -2.14. The number of nitrogens with one attached hydrogen (secondary N) is 3. The van der Waals surface area contributed by atoms with E-state index < -0.39 is 0 Å². The fourth-order valence-electron chi connectivity index (χ4n) is 5.00. The Labute approximate surface area is 213 Å². The molecule has 0 bridgehead atoms. The van der Waals surface area contributed by atoms with Crippen LogP contribution in [0.25, 0.3) is 38.3 Å². The SMILES string of the molecule is Cc1[nH]c2c(F)ccc(C)c2c1CCNC1=c2sc(-c3cccc(-c4ccccc4)c3)cc2=NCN1. The number of H-pyrrole nitrogens is 1. The van der Waals surface area contributed by atoms with Crippen molar-refractivity contribution in [1.29, 1.82) is 0 Å². The average Bonchev–Trinajstić information content (AvgIpc) is 3.50. The molecule has 0 aliphatic carbocycles. The lowest BCUT2D eigenvalue weighted by molar-refractivity contribution is 0.637. The van der Waals surface area contributed by atoms with E-state index in [1.165, 1.54) is 33.2 Å². The van der Waals surface area contributed by atoms with Gasteiger partial charge in [0, 0.05) is 22.5 Å². The molecule has 0 saturated carbocycles. The number of halogens is 1. The smallest absolute Gasteiger partial charge is 0.147 e. The summed E-state index contributed by atoms with van der Waals surface area (Å²) in [7, 11) is 0. The van der Waals surface area contributed by atoms with Crippen molar-refractivity contribution in [2.75, 3.05) is 13.2 Å². The molecule has 0 atom stereocenters. The predicted molar refractivity (Wildman–Crippen MR) is 147 cm³/mol. The lowest BCUT2D eigenvalue weighted by Crippen LogP contribution is -2.41. The highest BCUT2D eigenvalue weighted by Crippen LogP contribution is 2.29. The van der Waals surface area contributed by atoms with E-state index >= 15 is 0 Å². The number of nitrogens with zero attached hydrogens (tertiary/aromatic N) is 1. The first-order valence-corrected chi connectivity index (χ1v) is 13.0. The van der Waals surface area contributed by atoms with E-state index in [4.69, 9.17) is 4.99 Å². The van der Waals surface area contributed by atoms with Crippen LogP contribution >= 0.6 is 11.3 Å². The minimum atomic E-state index is -0.199. The maximum atomic E-state index is 14.3. The van der Waals surface area contributed by atoms with Crippen LogP contribution in [0.3, 0.4) is 0 Å². The quantitative estimate of drug-likeness (QED) is 0.296. The Morgan fingerprint density at radius 1 is 0.944 bits per heavy atom. The summed E-state index contributed by atoms with van der Waals surface area (Å²) in [6, 6.07) is 24.7. The molecule has 0 radical (unpaired) electrons. The number of aromatic nitrogens is 1. The van der Waals surface area contributed by atoms with Crippen LogP contribution in [-0.4, -0.2) is 18.2 Å². The fraction of sp³-hybridized carbons (Fsp3) is 0.167. The van der Waals surface area contributed by atoms with E-state index in [9.17, 15) is 4.39 Å². The van der Waals surface area contributed by atoms with Crippen LogP contribution in [0.2, 0.25) is 0 Å². The van der Waals surface area contributed by atoms with Gasteiger partial charge in [0.25, 0.3) is 0 Å². The van der Waals surface area contributed by atoms with E-state index in [1.807, 2.05) is 26.0 Å². The van der Waals surface area contributed by atoms with Crippen LogP contribution in [0.15, 0.2) is 77.8 Å². The first-order valence-electron chi connectivity index (χ1n) is 12.2. The molecular formula is C30H27FN4S. The minimum Gasteiger partial charge on any atom is -0.370 e. The number of benzene rings is 3. The Hall–Kier alpha value is -3.90. The number of fused-ring (bicyclic) bond motifs is 2. The van der Waals surface area contributed by atoms with Crippen molar-refractivity contribution in [2.24, 2.45) is 4.99 Å². The molecule has 180 valence electrons. The Kier molecular flexibility index (Phi) is 5.82. The van der Waals surface area contributed by atoms with Crippen molar-refractivity contribution in [3.05, 3.63) is 105 Å². The number of thiophene rings is 1. The maximum Gasteiger partial charge on any atom is 0.147 e. The van der Waals surface area contributed by atoms with Crippen molar-refractivity contribution in [1.82, 2.24) is 15.6 Å². The van der Waals surface area contributed by atoms with E-state index in [1.54, 1.807) is 11.3 Å². The first-order chi connectivity index (χ1) is 17.6. The lowest BCUT2D eigenvalue weighted by atomic mass is 10.0. The van der Waals surface area contributed by atoms with Gasteiger partial charge in [0.15, 0.2) is 0 Å². The van der Waals surface area contributed by atoms with Crippen molar-refractivity contribution in [3.63, 3.8) is 0 Å². The molecule has 5 aromatic rings. The fourth-order valence-corrected chi connectivity index (χ4v) is 6.11. The molecule has 3 N–H and O–H groups in total. The van der Waals surface area contributed by atoms with E-state index in [2.05, 4.69) is 70.2 Å². The van der Waals surface area contributed by atoms with Crippen molar-refractivity contribution in [3.8, 4) is 21.6 Å². The maximum absolute atomic E-state index is 14.3. The van der Waals surface area contributed by atoms with Gasteiger partial charge in [-0.05, 0) is 66.3 Å². The van der Waals surface area contributed by atoms with Crippen LogP contribution in [0, 0.1) is 19.7 Å². The molecule has 1 aliphatic rings.